The van der Waals surface area contributed by atoms with E-state index >= 15 is 0 Å². The monoisotopic (exact) mass is 349 g/mol. The molecule has 1 amide bonds. The van der Waals surface area contributed by atoms with Crippen LogP contribution in [0.2, 0.25) is 0 Å². The SMILES string of the molecule is CNC(=O)c1nn(-c2ccccc2)c2c1Cc1cc(OC)c(OC)cc1-2. The number of hydrogen-bond acceptors (Lipinski definition) is 4. The van der Waals surface area contributed by atoms with Crippen LogP contribution in [0.15, 0.2) is 42.5 Å². The molecule has 0 atom stereocenters. The second-order valence-corrected chi connectivity index (χ2v) is 6.04. The molecule has 0 radical (unpaired) electrons. The average molecular weight is 349 g/mol. The minimum atomic E-state index is -0.192. The topological polar surface area (TPSA) is 65.4 Å². The molecule has 0 unspecified atom stereocenters. The van der Waals surface area contributed by atoms with Crippen LogP contribution >= 0.6 is 0 Å². The number of nitrogens with zero attached hydrogens (tertiary/aromatic N) is 2. The zero-order chi connectivity index (χ0) is 18.3. The summed E-state index contributed by atoms with van der Waals surface area (Å²) in [5.41, 5.74) is 5.28. The van der Waals surface area contributed by atoms with Crippen LogP contribution in [0, 0.1) is 0 Å². The molecule has 2 aromatic carbocycles. The van der Waals surface area contributed by atoms with Gasteiger partial charge in [-0.1, -0.05) is 18.2 Å². The predicted molar refractivity (Wildman–Crippen MR) is 98.3 cm³/mol. The lowest BCUT2D eigenvalue weighted by atomic mass is 10.1. The number of amides is 1. The summed E-state index contributed by atoms with van der Waals surface area (Å²) in [6.07, 6.45) is 0.626. The van der Waals surface area contributed by atoms with E-state index in [0.717, 1.165) is 28.1 Å². The smallest absolute Gasteiger partial charge is 0.271 e. The van der Waals surface area contributed by atoms with Crippen LogP contribution in [0.4, 0.5) is 0 Å². The zero-order valence-corrected chi connectivity index (χ0v) is 14.9. The summed E-state index contributed by atoms with van der Waals surface area (Å²) >= 11 is 0. The van der Waals surface area contributed by atoms with Crippen LogP contribution in [0.1, 0.15) is 21.6 Å². The second-order valence-electron chi connectivity index (χ2n) is 6.04. The number of ether oxygens (including phenoxy) is 2. The quantitative estimate of drug-likeness (QED) is 0.615. The highest BCUT2D eigenvalue weighted by atomic mass is 16.5. The van der Waals surface area contributed by atoms with Crippen molar-refractivity contribution < 1.29 is 14.3 Å². The number of methoxy groups -OCH3 is 2. The van der Waals surface area contributed by atoms with E-state index in [4.69, 9.17) is 9.47 Å². The van der Waals surface area contributed by atoms with Crippen molar-refractivity contribution in [3.63, 3.8) is 0 Å². The van der Waals surface area contributed by atoms with E-state index < -0.39 is 0 Å². The van der Waals surface area contributed by atoms with E-state index in [2.05, 4.69) is 10.4 Å². The van der Waals surface area contributed by atoms with Gasteiger partial charge in [-0.2, -0.15) is 5.10 Å². The summed E-state index contributed by atoms with van der Waals surface area (Å²) in [5.74, 6) is 1.14. The van der Waals surface area contributed by atoms with Gasteiger partial charge < -0.3 is 14.8 Å². The minimum absolute atomic E-state index is 0.192. The third-order valence-electron chi connectivity index (χ3n) is 4.66. The molecular weight excluding hydrogens is 330 g/mol. The Bertz CT molecular complexity index is 993. The largest absolute Gasteiger partial charge is 0.493 e. The molecule has 0 bridgehead atoms. The molecule has 1 heterocycles. The Morgan fingerprint density at radius 3 is 2.46 bits per heavy atom. The van der Waals surface area contributed by atoms with E-state index in [0.29, 0.717) is 23.6 Å². The number of carbonyl (C=O) groups excluding carboxylic acids is 1. The number of nitrogens with one attached hydrogen (secondary N) is 1. The molecule has 3 aromatic rings. The first-order chi connectivity index (χ1) is 12.7. The Balaban J connectivity index is 1.98. The highest BCUT2D eigenvalue weighted by Crippen LogP contribution is 2.44. The Labute approximate surface area is 151 Å². The number of aromatic nitrogens is 2. The van der Waals surface area contributed by atoms with Gasteiger partial charge in [0.25, 0.3) is 5.91 Å². The Morgan fingerprint density at radius 2 is 1.81 bits per heavy atom. The van der Waals surface area contributed by atoms with Crippen molar-refractivity contribution in [3.8, 4) is 28.4 Å². The summed E-state index contributed by atoms with van der Waals surface area (Å²) in [7, 11) is 4.85. The molecule has 1 aliphatic rings. The molecule has 1 N–H and O–H groups in total. The summed E-state index contributed by atoms with van der Waals surface area (Å²) in [6.45, 7) is 0. The number of carbonyl (C=O) groups is 1. The summed E-state index contributed by atoms with van der Waals surface area (Å²) in [4.78, 5) is 12.4. The van der Waals surface area contributed by atoms with E-state index in [1.165, 1.54) is 0 Å². The molecule has 6 nitrogen and oxygen atoms in total. The highest BCUT2D eigenvalue weighted by Gasteiger charge is 2.32. The van der Waals surface area contributed by atoms with Gasteiger partial charge in [0.2, 0.25) is 0 Å². The lowest BCUT2D eigenvalue weighted by Gasteiger charge is -2.12. The fourth-order valence-electron chi connectivity index (χ4n) is 3.43. The number of fused-ring (bicyclic) bond motifs is 3. The molecule has 1 aliphatic carbocycles. The number of benzene rings is 2. The Morgan fingerprint density at radius 1 is 1.12 bits per heavy atom. The van der Waals surface area contributed by atoms with Gasteiger partial charge in [-0.3, -0.25) is 4.79 Å². The maximum Gasteiger partial charge on any atom is 0.271 e. The standard InChI is InChI=1S/C20H19N3O3/c1-21-20(24)18-15-9-12-10-16(25-2)17(26-3)11-14(12)19(15)23(22-18)13-7-5-4-6-8-13/h4-8,10-11H,9H2,1-3H3,(H,21,24). The van der Waals surface area contributed by atoms with Crippen molar-refractivity contribution in [2.45, 2.75) is 6.42 Å². The van der Waals surface area contributed by atoms with Crippen molar-refractivity contribution in [3.05, 3.63) is 59.3 Å². The van der Waals surface area contributed by atoms with Gasteiger partial charge in [0, 0.05) is 24.6 Å². The van der Waals surface area contributed by atoms with Crippen LogP contribution < -0.4 is 14.8 Å². The van der Waals surface area contributed by atoms with Crippen molar-refractivity contribution in [1.29, 1.82) is 0 Å². The van der Waals surface area contributed by atoms with Crippen molar-refractivity contribution >= 4 is 5.91 Å². The number of para-hydroxylation sites is 1. The molecule has 0 aliphatic heterocycles. The maximum absolute atomic E-state index is 12.4. The molecule has 26 heavy (non-hydrogen) atoms. The fourth-order valence-corrected chi connectivity index (χ4v) is 3.43. The molecule has 0 fully saturated rings. The van der Waals surface area contributed by atoms with Gasteiger partial charge in [-0.05, 0) is 29.8 Å². The predicted octanol–water partition coefficient (Wildman–Crippen LogP) is 2.82. The summed E-state index contributed by atoms with van der Waals surface area (Å²) in [6, 6.07) is 13.7. The molecule has 4 rings (SSSR count). The van der Waals surface area contributed by atoms with Gasteiger partial charge in [0.1, 0.15) is 0 Å². The van der Waals surface area contributed by atoms with Gasteiger partial charge >= 0.3 is 0 Å². The summed E-state index contributed by atoms with van der Waals surface area (Å²) in [5, 5.41) is 7.29. The first kappa shape index (κ1) is 16.2. The highest BCUT2D eigenvalue weighted by molar-refractivity contribution is 5.97. The molecule has 132 valence electrons. The molecule has 1 aromatic heterocycles. The van der Waals surface area contributed by atoms with Crippen molar-refractivity contribution in [2.24, 2.45) is 0 Å². The van der Waals surface area contributed by atoms with E-state index in [1.54, 1.807) is 21.3 Å². The average Bonchev–Trinajstić information content (AvgIpc) is 3.23. The maximum atomic E-state index is 12.4. The van der Waals surface area contributed by atoms with Crippen LogP contribution in [0.3, 0.4) is 0 Å². The third kappa shape index (κ3) is 2.34. The first-order valence-corrected chi connectivity index (χ1v) is 8.32. The number of hydrogen-bond donors (Lipinski definition) is 1. The Kier molecular flexibility index (Phi) is 3.88. The third-order valence-corrected chi connectivity index (χ3v) is 4.66. The van der Waals surface area contributed by atoms with Crippen LogP contribution in [0.5, 0.6) is 11.5 Å². The first-order valence-electron chi connectivity index (χ1n) is 8.32. The van der Waals surface area contributed by atoms with E-state index in [9.17, 15) is 4.79 Å². The lowest BCUT2D eigenvalue weighted by molar-refractivity contribution is 0.0957. The van der Waals surface area contributed by atoms with Crippen molar-refractivity contribution in [2.75, 3.05) is 21.3 Å². The van der Waals surface area contributed by atoms with Gasteiger partial charge in [0.15, 0.2) is 17.2 Å². The number of rotatable bonds is 4. The van der Waals surface area contributed by atoms with Gasteiger partial charge in [0.05, 0.1) is 25.6 Å². The van der Waals surface area contributed by atoms with Gasteiger partial charge in [-0.25, -0.2) is 4.68 Å². The Hall–Kier alpha value is -3.28. The summed E-state index contributed by atoms with van der Waals surface area (Å²) < 4.78 is 12.7. The van der Waals surface area contributed by atoms with E-state index in [1.807, 2.05) is 47.1 Å². The van der Waals surface area contributed by atoms with Crippen LogP contribution in [0.25, 0.3) is 16.9 Å². The van der Waals surface area contributed by atoms with Crippen LogP contribution in [-0.2, 0) is 6.42 Å². The van der Waals surface area contributed by atoms with Crippen LogP contribution in [-0.4, -0.2) is 37.0 Å². The molecule has 6 heteroatoms. The van der Waals surface area contributed by atoms with E-state index in [-0.39, 0.29) is 5.91 Å². The molecular formula is C20H19N3O3. The second kappa shape index (κ2) is 6.22. The lowest BCUT2D eigenvalue weighted by Crippen LogP contribution is -2.20. The van der Waals surface area contributed by atoms with Crippen molar-refractivity contribution in [1.82, 2.24) is 15.1 Å². The normalized spacial score (nSPS) is 11.7. The molecule has 0 spiro atoms. The fraction of sp³-hybridized carbons (Fsp3) is 0.200. The van der Waals surface area contributed by atoms with Gasteiger partial charge in [-0.15, -0.1) is 0 Å². The zero-order valence-electron chi connectivity index (χ0n) is 14.9. The molecule has 0 saturated heterocycles. The minimum Gasteiger partial charge on any atom is -0.493 e. The molecule has 0 saturated carbocycles.